The van der Waals surface area contributed by atoms with Crippen molar-refractivity contribution in [3.05, 3.63) is 29.3 Å². The van der Waals surface area contributed by atoms with E-state index in [1.165, 1.54) is 5.57 Å². The number of morpholine rings is 1. The lowest BCUT2D eigenvalue weighted by Crippen LogP contribution is -2.45. The van der Waals surface area contributed by atoms with Crippen molar-refractivity contribution in [2.45, 2.75) is 19.4 Å². The maximum Gasteiger partial charge on any atom is 0.130 e. The average molecular weight is 332 g/mol. The predicted molar refractivity (Wildman–Crippen MR) is 95.8 cm³/mol. The minimum absolute atomic E-state index is 0.277. The first-order chi connectivity index (χ1) is 11.7. The largest absolute Gasteiger partial charge is 0.493 e. The van der Waals surface area contributed by atoms with E-state index in [-0.39, 0.29) is 6.10 Å². The number of nitrogens with one attached hydrogen (secondary N) is 1. The molecular formula is C19H28N2O3. The number of hydrogen-bond donors (Lipinski definition) is 1. The maximum absolute atomic E-state index is 5.89. The molecule has 0 saturated carbocycles. The molecule has 132 valence electrons. The van der Waals surface area contributed by atoms with Gasteiger partial charge in [0.25, 0.3) is 0 Å². The molecule has 0 radical (unpaired) electrons. The Balaban J connectivity index is 1.50. The summed E-state index contributed by atoms with van der Waals surface area (Å²) >= 11 is 0. The van der Waals surface area contributed by atoms with Crippen LogP contribution >= 0.6 is 0 Å². The van der Waals surface area contributed by atoms with Gasteiger partial charge in [-0.25, -0.2) is 0 Å². The number of fused-ring (bicyclic) bond motifs is 1. The molecule has 1 aromatic rings. The summed E-state index contributed by atoms with van der Waals surface area (Å²) in [5, 5.41) is 3.49. The second-order valence-electron chi connectivity index (χ2n) is 6.53. The molecule has 0 spiro atoms. The molecule has 2 heterocycles. The Labute approximate surface area is 144 Å². The van der Waals surface area contributed by atoms with Crippen LogP contribution in [0.3, 0.4) is 0 Å². The van der Waals surface area contributed by atoms with Gasteiger partial charge in [-0.3, -0.25) is 0 Å². The summed E-state index contributed by atoms with van der Waals surface area (Å²) in [6.07, 6.45) is 3.50. The molecule has 0 aromatic heterocycles. The van der Waals surface area contributed by atoms with E-state index in [0.29, 0.717) is 6.61 Å². The van der Waals surface area contributed by atoms with Gasteiger partial charge in [-0.05, 0) is 37.3 Å². The van der Waals surface area contributed by atoms with E-state index >= 15 is 0 Å². The molecule has 2 aliphatic rings. The molecule has 0 bridgehead atoms. The molecule has 1 N–H and O–H groups in total. The number of likely N-dealkylation sites (N-methyl/N-ethyl adjacent to an activating group) is 1. The minimum atomic E-state index is 0.277. The van der Waals surface area contributed by atoms with Crippen molar-refractivity contribution in [1.29, 1.82) is 0 Å². The van der Waals surface area contributed by atoms with Crippen molar-refractivity contribution < 1.29 is 14.2 Å². The van der Waals surface area contributed by atoms with Gasteiger partial charge in [-0.15, -0.1) is 0 Å². The zero-order valence-corrected chi connectivity index (χ0v) is 14.7. The smallest absolute Gasteiger partial charge is 0.130 e. The van der Waals surface area contributed by atoms with Gasteiger partial charge in [-0.2, -0.15) is 0 Å². The second-order valence-corrected chi connectivity index (χ2v) is 6.53. The molecule has 3 rings (SSSR count). The van der Waals surface area contributed by atoms with Crippen LogP contribution in [-0.2, 0) is 4.74 Å². The summed E-state index contributed by atoms with van der Waals surface area (Å²) in [7, 11) is 2.14. The Bertz CT molecular complexity index is 574. The monoisotopic (exact) mass is 332 g/mol. The van der Waals surface area contributed by atoms with Crippen molar-refractivity contribution in [2.24, 2.45) is 0 Å². The standard InChI is InChI=1S/C19H28N2O3/c1-3-7-22-17-5-4-16-9-15(14-24-19(16)10-17)11-20-12-18-13-21(2)6-8-23-18/h4-5,9-10,18,20H,3,6-8,11-14H2,1-2H3. The molecule has 5 nitrogen and oxygen atoms in total. The van der Waals surface area contributed by atoms with Crippen LogP contribution in [0.5, 0.6) is 11.5 Å². The summed E-state index contributed by atoms with van der Waals surface area (Å²) < 4.78 is 17.3. The van der Waals surface area contributed by atoms with E-state index in [1.807, 2.05) is 12.1 Å². The molecule has 1 aromatic carbocycles. The van der Waals surface area contributed by atoms with Gasteiger partial charge in [0.2, 0.25) is 0 Å². The van der Waals surface area contributed by atoms with Gasteiger partial charge < -0.3 is 24.4 Å². The van der Waals surface area contributed by atoms with E-state index < -0.39 is 0 Å². The van der Waals surface area contributed by atoms with Gasteiger partial charge in [0.15, 0.2) is 0 Å². The highest BCUT2D eigenvalue weighted by Crippen LogP contribution is 2.30. The van der Waals surface area contributed by atoms with Crippen LogP contribution in [0.25, 0.3) is 6.08 Å². The van der Waals surface area contributed by atoms with Crippen LogP contribution in [-0.4, -0.2) is 64.1 Å². The normalized spacial score (nSPS) is 20.9. The third kappa shape index (κ3) is 4.72. The molecule has 0 amide bonds. The quantitative estimate of drug-likeness (QED) is 0.829. The zero-order valence-electron chi connectivity index (χ0n) is 14.7. The van der Waals surface area contributed by atoms with Crippen LogP contribution in [0.4, 0.5) is 0 Å². The van der Waals surface area contributed by atoms with Crippen LogP contribution in [0.2, 0.25) is 0 Å². The molecule has 0 aliphatic carbocycles. The summed E-state index contributed by atoms with van der Waals surface area (Å²) in [4.78, 5) is 2.31. The summed E-state index contributed by atoms with van der Waals surface area (Å²) in [5.74, 6) is 1.79. The third-order valence-electron chi connectivity index (χ3n) is 4.30. The Kier molecular flexibility index (Phi) is 6.12. The van der Waals surface area contributed by atoms with E-state index in [0.717, 1.165) is 62.9 Å². The van der Waals surface area contributed by atoms with Gasteiger partial charge in [-0.1, -0.05) is 6.92 Å². The van der Waals surface area contributed by atoms with Crippen molar-refractivity contribution in [3.8, 4) is 11.5 Å². The first kappa shape index (κ1) is 17.3. The molecule has 5 heteroatoms. The third-order valence-corrected chi connectivity index (χ3v) is 4.30. The lowest BCUT2D eigenvalue weighted by atomic mass is 10.1. The number of nitrogens with zero attached hydrogens (tertiary/aromatic N) is 1. The lowest BCUT2D eigenvalue weighted by Gasteiger charge is -2.30. The molecule has 1 saturated heterocycles. The van der Waals surface area contributed by atoms with Gasteiger partial charge in [0, 0.05) is 37.8 Å². The van der Waals surface area contributed by atoms with Crippen molar-refractivity contribution in [2.75, 3.05) is 53.0 Å². The SMILES string of the molecule is CCCOc1ccc2c(c1)OCC(CNCC1CN(C)CCO1)=C2. The zero-order chi connectivity index (χ0) is 16.8. The topological polar surface area (TPSA) is 43.0 Å². The van der Waals surface area contributed by atoms with E-state index in [2.05, 4.69) is 36.3 Å². The number of hydrogen-bond acceptors (Lipinski definition) is 5. The highest BCUT2D eigenvalue weighted by molar-refractivity contribution is 5.63. The van der Waals surface area contributed by atoms with Crippen LogP contribution in [0.1, 0.15) is 18.9 Å². The molecular weight excluding hydrogens is 304 g/mol. The van der Waals surface area contributed by atoms with Crippen LogP contribution in [0, 0.1) is 0 Å². The van der Waals surface area contributed by atoms with Gasteiger partial charge in [0.1, 0.15) is 18.1 Å². The number of benzene rings is 1. The second kappa shape index (κ2) is 8.51. The number of ether oxygens (including phenoxy) is 3. The van der Waals surface area contributed by atoms with Crippen molar-refractivity contribution >= 4 is 6.08 Å². The average Bonchev–Trinajstić information content (AvgIpc) is 2.60. The number of rotatable bonds is 7. The molecule has 1 unspecified atom stereocenters. The first-order valence-corrected chi connectivity index (χ1v) is 8.84. The Morgan fingerprint density at radius 3 is 3.12 bits per heavy atom. The van der Waals surface area contributed by atoms with E-state index in [9.17, 15) is 0 Å². The summed E-state index contributed by atoms with van der Waals surface area (Å²) in [6, 6.07) is 6.06. The fourth-order valence-electron chi connectivity index (χ4n) is 2.99. The molecule has 1 atom stereocenters. The van der Waals surface area contributed by atoms with Crippen molar-refractivity contribution in [3.63, 3.8) is 0 Å². The first-order valence-electron chi connectivity index (χ1n) is 8.84. The Morgan fingerprint density at radius 1 is 1.38 bits per heavy atom. The lowest BCUT2D eigenvalue weighted by molar-refractivity contribution is -0.0177. The predicted octanol–water partition coefficient (Wildman–Crippen LogP) is 2.17. The van der Waals surface area contributed by atoms with Crippen LogP contribution in [0.15, 0.2) is 23.8 Å². The Hall–Kier alpha value is -1.56. The van der Waals surface area contributed by atoms with Gasteiger partial charge in [0.05, 0.1) is 19.3 Å². The Morgan fingerprint density at radius 2 is 2.29 bits per heavy atom. The fourth-order valence-corrected chi connectivity index (χ4v) is 2.99. The summed E-state index contributed by atoms with van der Waals surface area (Å²) in [5.41, 5.74) is 2.38. The highest BCUT2D eigenvalue weighted by Gasteiger charge is 2.18. The van der Waals surface area contributed by atoms with Crippen molar-refractivity contribution in [1.82, 2.24) is 10.2 Å². The summed E-state index contributed by atoms with van der Waals surface area (Å²) in [6.45, 7) is 8.01. The maximum atomic E-state index is 5.89. The van der Waals surface area contributed by atoms with Gasteiger partial charge >= 0.3 is 0 Å². The van der Waals surface area contributed by atoms with E-state index in [1.54, 1.807) is 0 Å². The molecule has 2 aliphatic heterocycles. The van der Waals surface area contributed by atoms with E-state index in [4.69, 9.17) is 14.2 Å². The van der Waals surface area contributed by atoms with Crippen LogP contribution < -0.4 is 14.8 Å². The minimum Gasteiger partial charge on any atom is -0.493 e. The molecule has 1 fully saturated rings. The fraction of sp³-hybridized carbons (Fsp3) is 0.579. The highest BCUT2D eigenvalue weighted by atomic mass is 16.5. The molecule has 24 heavy (non-hydrogen) atoms.